The van der Waals surface area contributed by atoms with E-state index in [1.54, 1.807) is 6.20 Å². The van der Waals surface area contributed by atoms with E-state index in [0.29, 0.717) is 0 Å². The van der Waals surface area contributed by atoms with E-state index in [1.807, 2.05) is 24.3 Å². The Labute approximate surface area is 113 Å². The maximum Gasteiger partial charge on any atom is 0.136 e. The monoisotopic (exact) mass is 260 g/mol. The number of nitrogens with zero attached hydrogens (tertiary/aromatic N) is 2. The largest absolute Gasteiger partial charge is 0.396 e. The highest BCUT2D eigenvalue weighted by atomic mass is 16.3. The van der Waals surface area contributed by atoms with Gasteiger partial charge in [-0.1, -0.05) is 24.3 Å². The zero-order valence-corrected chi connectivity index (χ0v) is 11.2. The van der Waals surface area contributed by atoms with Crippen LogP contribution in [0.15, 0.2) is 30.5 Å². The first-order chi connectivity index (χ1) is 9.31. The number of pyridine rings is 1. The summed E-state index contributed by atoms with van der Waals surface area (Å²) < 4.78 is 0. The lowest BCUT2D eigenvalue weighted by molar-refractivity contribution is 0.283. The maximum absolute atomic E-state index is 9.38. The molecule has 0 aliphatic rings. The molecule has 0 unspecified atom stereocenters. The van der Waals surface area contributed by atoms with Crippen LogP contribution < -0.4 is 4.90 Å². The van der Waals surface area contributed by atoms with Gasteiger partial charge in [-0.3, -0.25) is 0 Å². The van der Waals surface area contributed by atoms with Gasteiger partial charge in [-0.2, -0.15) is 0 Å². The Morgan fingerprint density at radius 3 is 2.53 bits per heavy atom. The highest BCUT2D eigenvalue weighted by Crippen LogP contribution is 2.27. The normalized spacial score (nSPS) is 10.9. The Kier molecular flexibility index (Phi) is 4.71. The first kappa shape index (κ1) is 13.8. The minimum atomic E-state index is -0.00341. The van der Waals surface area contributed by atoms with Gasteiger partial charge in [0.1, 0.15) is 5.82 Å². The van der Waals surface area contributed by atoms with Gasteiger partial charge in [-0.15, -0.1) is 0 Å². The molecule has 4 heteroatoms. The van der Waals surface area contributed by atoms with Crippen LogP contribution in [0.3, 0.4) is 0 Å². The molecule has 0 fully saturated rings. The Morgan fingerprint density at radius 1 is 1.16 bits per heavy atom. The quantitative estimate of drug-likeness (QED) is 0.833. The molecular formula is C15H20N2O2. The molecule has 0 saturated carbocycles. The molecular weight excluding hydrogens is 240 g/mol. The van der Waals surface area contributed by atoms with Crippen molar-refractivity contribution in [2.45, 2.75) is 20.0 Å². The van der Waals surface area contributed by atoms with Crippen LogP contribution in [0, 0.1) is 0 Å². The van der Waals surface area contributed by atoms with Crippen molar-refractivity contribution >= 4 is 16.6 Å². The lowest BCUT2D eigenvalue weighted by atomic mass is 10.1. The summed E-state index contributed by atoms with van der Waals surface area (Å²) in [6, 6.07) is 7.98. The van der Waals surface area contributed by atoms with Crippen LogP contribution >= 0.6 is 0 Å². The predicted molar refractivity (Wildman–Crippen MR) is 77.3 cm³/mol. The van der Waals surface area contributed by atoms with Gasteiger partial charge >= 0.3 is 0 Å². The molecule has 2 N–H and O–H groups in total. The van der Waals surface area contributed by atoms with Crippen LogP contribution in [0.5, 0.6) is 0 Å². The second-order valence-corrected chi connectivity index (χ2v) is 4.47. The van der Waals surface area contributed by atoms with Crippen LogP contribution in [0.1, 0.15) is 18.9 Å². The molecule has 0 bridgehead atoms. The fourth-order valence-electron chi connectivity index (χ4n) is 2.29. The summed E-state index contributed by atoms with van der Waals surface area (Å²) in [5, 5.41) is 20.4. The summed E-state index contributed by atoms with van der Waals surface area (Å²) in [6.45, 7) is 3.88. The van der Waals surface area contributed by atoms with Crippen molar-refractivity contribution < 1.29 is 10.2 Å². The van der Waals surface area contributed by atoms with Crippen molar-refractivity contribution in [3.63, 3.8) is 0 Å². The number of aromatic nitrogens is 1. The topological polar surface area (TPSA) is 56.6 Å². The molecule has 19 heavy (non-hydrogen) atoms. The lowest BCUT2D eigenvalue weighted by Gasteiger charge is -2.23. The smallest absolute Gasteiger partial charge is 0.136 e. The van der Waals surface area contributed by atoms with Crippen molar-refractivity contribution in [1.29, 1.82) is 0 Å². The van der Waals surface area contributed by atoms with Gasteiger partial charge in [-0.05, 0) is 18.7 Å². The molecule has 0 aliphatic carbocycles. The SMILES string of the molecule is CCN(CCCO)c1ncc(CO)c2ccccc12. The lowest BCUT2D eigenvalue weighted by Crippen LogP contribution is -2.26. The van der Waals surface area contributed by atoms with Gasteiger partial charge in [0.2, 0.25) is 0 Å². The molecule has 102 valence electrons. The Morgan fingerprint density at radius 2 is 1.89 bits per heavy atom. The predicted octanol–water partition coefficient (Wildman–Crippen LogP) is 1.94. The zero-order chi connectivity index (χ0) is 13.7. The van der Waals surface area contributed by atoms with Crippen molar-refractivity contribution in [3.05, 3.63) is 36.0 Å². The average molecular weight is 260 g/mol. The highest BCUT2D eigenvalue weighted by Gasteiger charge is 2.11. The first-order valence-corrected chi connectivity index (χ1v) is 6.65. The van der Waals surface area contributed by atoms with Crippen LogP contribution in [0.25, 0.3) is 10.8 Å². The van der Waals surface area contributed by atoms with Crippen LogP contribution in [0.4, 0.5) is 5.82 Å². The third kappa shape index (κ3) is 2.85. The molecule has 0 spiro atoms. The number of anilines is 1. The van der Waals surface area contributed by atoms with Gasteiger partial charge < -0.3 is 15.1 Å². The number of hydrogen-bond acceptors (Lipinski definition) is 4. The molecule has 0 atom stereocenters. The molecule has 0 saturated heterocycles. The maximum atomic E-state index is 9.38. The fourth-order valence-corrected chi connectivity index (χ4v) is 2.29. The Bertz CT molecular complexity index is 543. The van der Waals surface area contributed by atoms with Gasteiger partial charge in [0.05, 0.1) is 6.61 Å². The first-order valence-electron chi connectivity index (χ1n) is 6.65. The second kappa shape index (κ2) is 6.50. The van der Waals surface area contributed by atoms with E-state index in [1.165, 1.54) is 0 Å². The van der Waals surface area contributed by atoms with Crippen molar-refractivity contribution in [2.24, 2.45) is 0 Å². The summed E-state index contributed by atoms with van der Waals surface area (Å²) in [6.07, 6.45) is 2.46. The molecule has 1 aromatic carbocycles. The molecule has 4 nitrogen and oxygen atoms in total. The van der Waals surface area contributed by atoms with E-state index in [9.17, 15) is 5.11 Å². The van der Waals surface area contributed by atoms with Crippen LogP contribution in [0.2, 0.25) is 0 Å². The second-order valence-electron chi connectivity index (χ2n) is 4.47. The van der Waals surface area contributed by atoms with Gasteiger partial charge in [0.15, 0.2) is 0 Å². The third-order valence-corrected chi connectivity index (χ3v) is 3.29. The summed E-state index contributed by atoms with van der Waals surface area (Å²) >= 11 is 0. The molecule has 0 amide bonds. The minimum Gasteiger partial charge on any atom is -0.396 e. The van der Waals surface area contributed by atoms with E-state index < -0.39 is 0 Å². The van der Waals surface area contributed by atoms with Gasteiger partial charge in [0.25, 0.3) is 0 Å². The fraction of sp³-hybridized carbons (Fsp3) is 0.400. The molecule has 2 rings (SSSR count). The van der Waals surface area contributed by atoms with E-state index in [-0.39, 0.29) is 13.2 Å². The number of hydrogen-bond donors (Lipinski definition) is 2. The van der Waals surface area contributed by atoms with Crippen molar-refractivity contribution in [3.8, 4) is 0 Å². The zero-order valence-electron chi connectivity index (χ0n) is 11.2. The summed E-state index contributed by atoms with van der Waals surface area (Å²) in [5.74, 6) is 0.920. The number of aliphatic hydroxyl groups excluding tert-OH is 2. The van der Waals surface area contributed by atoms with Gasteiger partial charge in [0, 0.05) is 36.8 Å². The van der Waals surface area contributed by atoms with Crippen molar-refractivity contribution in [2.75, 3.05) is 24.6 Å². The Hall–Kier alpha value is -1.65. The van der Waals surface area contributed by atoms with E-state index in [2.05, 4.69) is 16.8 Å². The van der Waals surface area contributed by atoms with Gasteiger partial charge in [-0.25, -0.2) is 4.98 Å². The molecule has 1 heterocycles. The molecule has 1 aromatic heterocycles. The Balaban J connectivity index is 2.48. The third-order valence-electron chi connectivity index (χ3n) is 3.29. The molecule has 2 aromatic rings. The summed E-state index contributed by atoms with van der Waals surface area (Å²) in [5.41, 5.74) is 0.845. The number of benzene rings is 1. The number of fused-ring (bicyclic) bond motifs is 1. The van der Waals surface area contributed by atoms with Crippen molar-refractivity contribution in [1.82, 2.24) is 4.98 Å². The standard InChI is InChI=1S/C15H20N2O2/c1-2-17(8-5-9-18)15-14-7-4-3-6-13(14)12(11-19)10-16-15/h3-4,6-7,10,18-19H,2,5,8-9,11H2,1H3. The van der Waals surface area contributed by atoms with Crippen LogP contribution in [-0.2, 0) is 6.61 Å². The minimum absolute atomic E-state index is 0.00341. The van der Waals surface area contributed by atoms with E-state index >= 15 is 0 Å². The highest BCUT2D eigenvalue weighted by molar-refractivity contribution is 5.94. The summed E-state index contributed by atoms with van der Waals surface area (Å²) in [7, 11) is 0. The average Bonchev–Trinajstić information content (AvgIpc) is 2.48. The van der Waals surface area contributed by atoms with Crippen LogP contribution in [-0.4, -0.2) is 34.9 Å². The molecule has 0 aliphatic heterocycles. The van der Waals surface area contributed by atoms with E-state index in [0.717, 1.165) is 41.7 Å². The summed E-state index contributed by atoms with van der Waals surface area (Å²) in [4.78, 5) is 6.64. The van der Waals surface area contributed by atoms with E-state index in [4.69, 9.17) is 5.11 Å². The number of aliphatic hydroxyl groups is 2. The molecule has 0 radical (unpaired) electrons. The number of rotatable bonds is 6.